The zero-order valence-corrected chi connectivity index (χ0v) is 19.3. The lowest BCUT2D eigenvalue weighted by atomic mass is 10.1. The third-order valence-electron chi connectivity index (χ3n) is 6.90. The molecule has 8 heteroatoms. The van der Waals surface area contributed by atoms with E-state index < -0.39 is 0 Å². The third kappa shape index (κ3) is 4.23. The summed E-state index contributed by atoms with van der Waals surface area (Å²) in [5.74, 6) is 1.21. The molecule has 0 bridgehead atoms. The van der Waals surface area contributed by atoms with Crippen LogP contribution in [0.25, 0.3) is 17.2 Å². The SMILES string of the molecule is COc1ccccc1-c1ccnc(-n2ncc(C(=O)N3CCN(C4CCCC4)CC3)c2C)n1. The van der Waals surface area contributed by atoms with Crippen molar-refractivity contribution in [3.63, 3.8) is 0 Å². The van der Waals surface area contributed by atoms with E-state index in [4.69, 9.17) is 9.72 Å². The molecule has 1 aliphatic heterocycles. The van der Waals surface area contributed by atoms with Crippen LogP contribution in [0, 0.1) is 6.92 Å². The van der Waals surface area contributed by atoms with Crippen LogP contribution in [0.2, 0.25) is 0 Å². The van der Waals surface area contributed by atoms with Crippen LogP contribution in [0.3, 0.4) is 0 Å². The van der Waals surface area contributed by atoms with Crippen LogP contribution in [0.5, 0.6) is 5.75 Å². The van der Waals surface area contributed by atoms with Crippen molar-refractivity contribution in [2.45, 2.75) is 38.6 Å². The highest BCUT2D eigenvalue weighted by Crippen LogP contribution is 2.28. The molecule has 2 fully saturated rings. The number of benzene rings is 1. The Morgan fingerprint density at radius 3 is 2.58 bits per heavy atom. The van der Waals surface area contributed by atoms with Gasteiger partial charge in [-0.05, 0) is 38.0 Å². The van der Waals surface area contributed by atoms with E-state index in [9.17, 15) is 4.79 Å². The van der Waals surface area contributed by atoms with Gasteiger partial charge in [0.2, 0.25) is 0 Å². The second-order valence-corrected chi connectivity index (χ2v) is 8.76. The maximum absolute atomic E-state index is 13.3. The summed E-state index contributed by atoms with van der Waals surface area (Å²) < 4.78 is 7.12. The third-order valence-corrected chi connectivity index (χ3v) is 6.90. The molecule has 33 heavy (non-hydrogen) atoms. The molecule has 1 aliphatic carbocycles. The lowest BCUT2D eigenvalue weighted by molar-refractivity contribution is 0.0572. The molecule has 1 saturated heterocycles. The van der Waals surface area contributed by atoms with Gasteiger partial charge in [0.1, 0.15) is 5.75 Å². The van der Waals surface area contributed by atoms with Crippen molar-refractivity contribution >= 4 is 5.91 Å². The number of piperazine rings is 1. The number of carbonyl (C=O) groups is 1. The van der Waals surface area contributed by atoms with Gasteiger partial charge >= 0.3 is 0 Å². The van der Waals surface area contributed by atoms with Gasteiger partial charge in [0, 0.05) is 44.0 Å². The van der Waals surface area contributed by atoms with E-state index in [2.05, 4.69) is 15.0 Å². The maximum Gasteiger partial charge on any atom is 0.257 e. The molecule has 1 saturated carbocycles. The maximum atomic E-state index is 13.3. The van der Waals surface area contributed by atoms with Gasteiger partial charge < -0.3 is 9.64 Å². The number of para-hydroxylation sites is 1. The van der Waals surface area contributed by atoms with Crippen molar-refractivity contribution in [3.05, 3.63) is 54.0 Å². The summed E-state index contributed by atoms with van der Waals surface area (Å²) in [5, 5.41) is 4.46. The second-order valence-electron chi connectivity index (χ2n) is 8.76. The molecule has 0 atom stereocenters. The van der Waals surface area contributed by atoms with Gasteiger partial charge in [-0.2, -0.15) is 5.10 Å². The predicted molar refractivity (Wildman–Crippen MR) is 126 cm³/mol. The fraction of sp³-hybridized carbons (Fsp3) is 0.440. The highest BCUT2D eigenvalue weighted by Gasteiger charge is 2.29. The van der Waals surface area contributed by atoms with E-state index in [1.807, 2.05) is 42.2 Å². The Morgan fingerprint density at radius 2 is 1.82 bits per heavy atom. The normalized spacial score (nSPS) is 17.5. The molecule has 3 aromatic rings. The number of methoxy groups -OCH3 is 1. The first kappa shape index (κ1) is 21.6. The zero-order chi connectivity index (χ0) is 22.8. The van der Waals surface area contributed by atoms with E-state index in [1.165, 1.54) is 25.7 Å². The molecular formula is C25H30N6O2. The van der Waals surface area contributed by atoms with E-state index in [1.54, 1.807) is 24.2 Å². The highest BCUT2D eigenvalue weighted by molar-refractivity contribution is 5.95. The Morgan fingerprint density at radius 1 is 1.06 bits per heavy atom. The lowest BCUT2D eigenvalue weighted by Gasteiger charge is -2.38. The summed E-state index contributed by atoms with van der Waals surface area (Å²) in [6.07, 6.45) is 8.61. The van der Waals surface area contributed by atoms with Gasteiger partial charge in [0.15, 0.2) is 0 Å². The second kappa shape index (κ2) is 9.31. The minimum absolute atomic E-state index is 0.0331. The first-order valence-electron chi connectivity index (χ1n) is 11.7. The monoisotopic (exact) mass is 446 g/mol. The topological polar surface area (TPSA) is 76.4 Å². The summed E-state index contributed by atoms with van der Waals surface area (Å²) in [6.45, 7) is 5.33. The number of aromatic nitrogens is 4. The van der Waals surface area contributed by atoms with Crippen molar-refractivity contribution in [3.8, 4) is 23.0 Å². The molecule has 2 aromatic heterocycles. The predicted octanol–water partition coefficient (Wildman–Crippen LogP) is 3.35. The minimum Gasteiger partial charge on any atom is -0.496 e. The molecule has 0 unspecified atom stereocenters. The van der Waals surface area contributed by atoms with Crippen LogP contribution in [0.15, 0.2) is 42.7 Å². The summed E-state index contributed by atoms with van der Waals surface area (Å²) in [4.78, 5) is 26.9. The Labute approximate surface area is 194 Å². The standard InChI is InChI=1S/C25H30N6O2/c1-18-21(24(32)30-15-13-29(14-16-30)19-7-3-4-8-19)17-27-31(18)25-26-12-11-22(28-25)20-9-5-6-10-23(20)33-2/h5-6,9-12,17,19H,3-4,7-8,13-16H2,1-2H3. The number of amides is 1. The summed E-state index contributed by atoms with van der Waals surface area (Å²) in [7, 11) is 1.64. The average molecular weight is 447 g/mol. The Balaban J connectivity index is 1.34. The quantitative estimate of drug-likeness (QED) is 0.598. The van der Waals surface area contributed by atoms with Crippen molar-refractivity contribution in [1.29, 1.82) is 0 Å². The molecule has 1 amide bonds. The van der Waals surface area contributed by atoms with E-state index in [-0.39, 0.29) is 5.91 Å². The largest absolute Gasteiger partial charge is 0.496 e. The molecular weight excluding hydrogens is 416 g/mol. The van der Waals surface area contributed by atoms with Gasteiger partial charge in [0.25, 0.3) is 11.9 Å². The molecule has 5 rings (SSSR count). The van der Waals surface area contributed by atoms with Crippen LogP contribution in [0.4, 0.5) is 0 Å². The van der Waals surface area contributed by atoms with E-state index in [0.29, 0.717) is 17.6 Å². The number of ether oxygens (including phenoxy) is 1. The minimum atomic E-state index is 0.0331. The molecule has 0 spiro atoms. The summed E-state index contributed by atoms with van der Waals surface area (Å²) in [6, 6.07) is 10.3. The van der Waals surface area contributed by atoms with Gasteiger partial charge in [-0.15, -0.1) is 0 Å². The summed E-state index contributed by atoms with van der Waals surface area (Å²) >= 11 is 0. The van der Waals surface area contributed by atoms with Crippen molar-refractivity contribution in [2.75, 3.05) is 33.3 Å². The number of nitrogens with zero attached hydrogens (tertiary/aromatic N) is 6. The lowest BCUT2D eigenvalue weighted by Crippen LogP contribution is -2.51. The molecule has 1 aromatic carbocycles. The number of rotatable bonds is 5. The van der Waals surface area contributed by atoms with Gasteiger partial charge in [-0.3, -0.25) is 9.69 Å². The molecule has 0 N–H and O–H groups in total. The number of hydrogen-bond donors (Lipinski definition) is 0. The Hall–Kier alpha value is -3.26. The first-order valence-corrected chi connectivity index (χ1v) is 11.7. The smallest absolute Gasteiger partial charge is 0.257 e. The molecule has 172 valence electrons. The highest BCUT2D eigenvalue weighted by atomic mass is 16.5. The van der Waals surface area contributed by atoms with Crippen LogP contribution in [0.1, 0.15) is 41.7 Å². The zero-order valence-electron chi connectivity index (χ0n) is 19.3. The fourth-order valence-electron chi connectivity index (χ4n) is 5.01. The van der Waals surface area contributed by atoms with Crippen molar-refractivity contribution < 1.29 is 9.53 Å². The van der Waals surface area contributed by atoms with Gasteiger partial charge in [0.05, 0.1) is 30.3 Å². The molecule has 3 heterocycles. The Kier molecular flexibility index (Phi) is 6.09. The van der Waals surface area contributed by atoms with Crippen LogP contribution >= 0.6 is 0 Å². The van der Waals surface area contributed by atoms with E-state index in [0.717, 1.165) is 48.9 Å². The van der Waals surface area contributed by atoms with Crippen molar-refractivity contribution in [2.24, 2.45) is 0 Å². The molecule has 0 radical (unpaired) electrons. The average Bonchev–Trinajstić information content (AvgIpc) is 3.54. The fourth-order valence-corrected chi connectivity index (χ4v) is 5.01. The first-order chi connectivity index (χ1) is 16.2. The Bertz CT molecular complexity index is 1130. The van der Waals surface area contributed by atoms with E-state index >= 15 is 0 Å². The van der Waals surface area contributed by atoms with Gasteiger partial charge in [-0.1, -0.05) is 25.0 Å². The number of hydrogen-bond acceptors (Lipinski definition) is 6. The van der Waals surface area contributed by atoms with Gasteiger partial charge in [-0.25, -0.2) is 14.6 Å². The van der Waals surface area contributed by atoms with Crippen LogP contribution in [-0.2, 0) is 0 Å². The van der Waals surface area contributed by atoms with Crippen LogP contribution < -0.4 is 4.74 Å². The molecule has 2 aliphatic rings. The summed E-state index contributed by atoms with van der Waals surface area (Å²) in [5.41, 5.74) is 2.97. The molecule has 8 nitrogen and oxygen atoms in total. The number of carbonyl (C=O) groups excluding carboxylic acids is 1. The van der Waals surface area contributed by atoms with Crippen molar-refractivity contribution in [1.82, 2.24) is 29.5 Å². The van der Waals surface area contributed by atoms with Crippen LogP contribution in [-0.4, -0.2) is 74.8 Å².